The molecule has 0 aliphatic rings. The minimum absolute atomic E-state index is 0.0134. The zero-order valence-corrected chi connectivity index (χ0v) is 11.5. The van der Waals surface area contributed by atoms with Crippen molar-refractivity contribution in [2.24, 2.45) is 0 Å². The van der Waals surface area contributed by atoms with Crippen molar-refractivity contribution in [2.75, 3.05) is 0 Å². The van der Waals surface area contributed by atoms with Crippen LogP contribution in [-0.4, -0.2) is 10.9 Å². The van der Waals surface area contributed by atoms with Gasteiger partial charge in [-0.2, -0.15) is 0 Å². The second kappa shape index (κ2) is 5.34. The van der Waals surface area contributed by atoms with E-state index in [2.05, 4.69) is 0 Å². The number of nitro groups is 1. The highest BCUT2D eigenvalue weighted by Gasteiger charge is 2.18. The molecule has 3 aromatic rings. The first kappa shape index (κ1) is 13.3. The quantitative estimate of drug-likeness (QED) is 0.317. The van der Waals surface area contributed by atoms with Gasteiger partial charge >= 0.3 is 5.97 Å². The molecule has 0 spiro atoms. The minimum atomic E-state index is -0.489. The number of esters is 1. The third-order valence-electron chi connectivity index (χ3n) is 2.96. The standard InChI is InChI=1S/C15H9NO4S/c17-15(10-4-2-1-3-5-10)20-13-7-6-12(16(18)19)14-11(13)8-9-21-14/h1-9H. The maximum atomic E-state index is 12.0. The lowest BCUT2D eigenvalue weighted by Gasteiger charge is -2.05. The van der Waals surface area contributed by atoms with Gasteiger partial charge in [-0.3, -0.25) is 10.1 Å². The number of thiophene rings is 1. The smallest absolute Gasteiger partial charge is 0.343 e. The Kier molecular flexibility index (Phi) is 3.37. The van der Waals surface area contributed by atoms with Crippen molar-refractivity contribution in [1.29, 1.82) is 0 Å². The molecule has 0 unspecified atom stereocenters. The van der Waals surface area contributed by atoms with Gasteiger partial charge < -0.3 is 4.74 Å². The number of fused-ring (bicyclic) bond motifs is 1. The molecule has 3 rings (SSSR count). The second-order valence-electron chi connectivity index (χ2n) is 4.26. The fourth-order valence-electron chi connectivity index (χ4n) is 1.99. The van der Waals surface area contributed by atoms with E-state index in [1.165, 1.54) is 23.5 Å². The number of non-ortho nitro benzene ring substituents is 1. The molecular weight excluding hydrogens is 290 g/mol. The van der Waals surface area contributed by atoms with Crippen LogP contribution < -0.4 is 4.74 Å². The molecule has 1 heterocycles. The van der Waals surface area contributed by atoms with E-state index in [0.717, 1.165) is 0 Å². The van der Waals surface area contributed by atoms with Crippen LogP contribution in [0.15, 0.2) is 53.9 Å². The summed E-state index contributed by atoms with van der Waals surface area (Å²) in [6.07, 6.45) is 0. The van der Waals surface area contributed by atoms with Gasteiger partial charge in [0.2, 0.25) is 0 Å². The summed E-state index contributed by atoms with van der Waals surface area (Å²) in [5, 5.41) is 13.3. The lowest BCUT2D eigenvalue weighted by molar-refractivity contribution is -0.382. The Morgan fingerprint density at radius 3 is 2.57 bits per heavy atom. The van der Waals surface area contributed by atoms with Crippen LogP contribution >= 0.6 is 11.3 Å². The molecule has 0 saturated heterocycles. The molecule has 6 heteroatoms. The highest BCUT2D eigenvalue weighted by atomic mass is 32.1. The van der Waals surface area contributed by atoms with E-state index >= 15 is 0 Å². The van der Waals surface area contributed by atoms with E-state index in [9.17, 15) is 14.9 Å². The van der Waals surface area contributed by atoms with Gasteiger partial charge in [0.15, 0.2) is 0 Å². The van der Waals surface area contributed by atoms with Crippen LogP contribution in [-0.2, 0) is 0 Å². The summed E-state index contributed by atoms with van der Waals surface area (Å²) in [5.74, 6) is -0.164. The molecule has 0 atom stereocenters. The molecule has 21 heavy (non-hydrogen) atoms. The molecule has 2 aromatic carbocycles. The Morgan fingerprint density at radius 2 is 1.86 bits per heavy atom. The predicted octanol–water partition coefficient (Wildman–Crippen LogP) is 4.03. The molecular formula is C15H9NO4S. The second-order valence-corrected chi connectivity index (χ2v) is 5.17. The molecule has 0 amide bonds. The maximum Gasteiger partial charge on any atom is 0.343 e. The summed E-state index contributed by atoms with van der Waals surface area (Å²) in [6, 6.07) is 13.1. The normalized spacial score (nSPS) is 10.5. The molecule has 1 aromatic heterocycles. The van der Waals surface area contributed by atoms with Crippen molar-refractivity contribution in [1.82, 2.24) is 0 Å². The number of nitrogens with zero attached hydrogens (tertiary/aromatic N) is 1. The van der Waals surface area contributed by atoms with Gasteiger partial charge in [-0.05, 0) is 29.6 Å². The number of ether oxygens (including phenoxy) is 1. The number of carbonyl (C=O) groups excluding carboxylic acids is 1. The first-order valence-electron chi connectivity index (χ1n) is 6.08. The lowest BCUT2D eigenvalue weighted by atomic mass is 10.2. The molecule has 0 radical (unpaired) electrons. The molecule has 0 aliphatic carbocycles. The summed E-state index contributed by atoms with van der Waals surface area (Å²) in [7, 11) is 0. The van der Waals surface area contributed by atoms with Crippen molar-refractivity contribution in [2.45, 2.75) is 0 Å². The Labute approximate surface area is 123 Å². The Morgan fingerprint density at radius 1 is 1.10 bits per heavy atom. The van der Waals surface area contributed by atoms with Crippen LogP contribution in [0.2, 0.25) is 0 Å². The molecule has 104 valence electrons. The number of hydrogen-bond acceptors (Lipinski definition) is 5. The number of carbonyl (C=O) groups is 1. The number of benzene rings is 2. The first-order valence-corrected chi connectivity index (χ1v) is 6.96. The fraction of sp³-hybridized carbons (Fsp3) is 0. The van der Waals surface area contributed by atoms with Crippen LogP contribution in [0.25, 0.3) is 10.1 Å². The van der Waals surface area contributed by atoms with Gasteiger partial charge in [0.1, 0.15) is 10.4 Å². The van der Waals surface area contributed by atoms with Crippen LogP contribution in [0.4, 0.5) is 5.69 Å². The largest absolute Gasteiger partial charge is 0.422 e. The van der Waals surface area contributed by atoms with Gasteiger partial charge in [0.05, 0.1) is 10.5 Å². The van der Waals surface area contributed by atoms with Gasteiger partial charge in [0, 0.05) is 11.5 Å². The highest BCUT2D eigenvalue weighted by molar-refractivity contribution is 7.17. The van der Waals surface area contributed by atoms with Crippen LogP contribution in [0.5, 0.6) is 5.75 Å². The highest BCUT2D eigenvalue weighted by Crippen LogP contribution is 2.37. The first-order chi connectivity index (χ1) is 10.2. The average molecular weight is 299 g/mol. The predicted molar refractivity (Wildman–Crippen MR) is 79.9 cm³/mol. The Balaban J connectivity index is 1.99. The van der Waals surface area contributed by atoms with Crippen molar-refractivity contribution < 1.29 is 14.5 Å². The SMILES string of the molecule is O=C(Oc1ccc([N+](=O)[O-])c2sccc12)c1ccccc1. The van der Waals surface area contributed by atoms with E-state index in [1.807, 2.05) is 0 Å². The van der Waals surface area contributed by atoms with Crippen molar-refractivity contribution in [3.05, 3.63) is 69.6 Å². The molecule has 0 aliphatic heterocycles. The summed E-state index contributed by atoms with van der Waals surface area (Å²) < 4.78 is 5.85. The van der Waals surface area contributed by atoms with E-state index in [0.29, 0.717) is 21.4 Å². The molecule has 0 bridgehead atoms. The topological polar surface area (TPSA) is 69.4 Å². The summed E-state index contributed by atoms with van der Waals surface area (Å²) in [5.41, 5.74) is 0.443. The molecule has 5 nitrogen and oxygen atoms in total. The third-order valence-corrected chi connectivity index (χ3v) is 3.90. The monoisotopic (exact) mass is 299 g/mol. The zero-order valence-electron chi connectivity index (χ0n) is 10.7. The summed E-state index contributed by atoms with van der Waals surface area (Å²) >= 11 is 1.25. The van der Waals surface area contributed by atoms with Crippen LogP contribution in [0, 0.1) is 10.1 Å². The van der Waals surface area contributed by atoms with E-state index in [-0.39, 0.29) is 5.69 Å². The Bertz CT molecular complexity index is 826. The minimum Gasteiger partial charge on any atom is -0.422 e. The van der Waals surface area contributed by atoms with Gasteiger partial charge in [-0.25, -0.2) is 4.79 Å². The summed E-state index contributed by atoms with van der Waals surface area (Å²) in [6.45, 7) is 0. The van der Waals surface area contributed by atoms with Gasteiger partial charge in [-0.1, -0.05) is 18.2 Å². The van der Waals surface area contributed by atoms with Crippen LogP contribution in [0.3, 0.4) is 0 Å². The van der Waals surface area contributed by atoms with Crippen molar-refractivity contribution in [3.8, 4) is 5.75 Å². The summed E-state index contributed by atoms with van der Waals surface area (Å²) in [4.78, 5) is 22.6. The van der Waals surface area contributed by atoms with E-state index in [1.54, 1.807) is 41.8 Å². The van der Waals surface area contributed by atoms with Gasteiger partial charge in [0.25, 0.3) is 5.69 Å². The zero-order chi connectivity index (χ0) is 14.8. The van der Waals surface area contributed by atoms with Gasteiger partial charge in [-0.15, -0.1) is 11.3 Å². The van der Waals surface area contributed by atoms with Crippen LogP contribution in [0.1, 0.15) is 10.4 Å². The molecule has 0 N–H and O–H groups in total. The average Bonchev–Trinajstić information content (AvgIpc) is 2.98. The van der Waals surface area contributed by atoms with E-state index < -0.39 is 10.9 Å². The lowest BCUT2D eigenvalue weighted by Crippen LogP contribution is -2.08. The van der Waals surface area contributed by atoms with E-state index in [4.69, 9.17) is 4.74 Å². The Hall–Kier alpha value is -2.73. The third kappa shape index (κ3) is 2.48. The van der Waals surface area contributed by atoms with Crippen molar-refractivity contribution in [3.63, 3.8) is 0 Å². The number of nitro benzene ring substituents is 1. The van der Waals surface area contributed by atoms with Crippen molar-refractivity contribution >= 4 is 33.1 Å². The molecule has 0 saturated carbocycles. The maximum absolute atomic E-state index is 12.0. The molecule has 0 fully saturated rings. The number of hydrogen-bond donors (Lipinski definition) is 0. The number of rotatable bonds is 3. The fourth-order valence-corrected chi connectivity index (χ4v) is 2.89.